The molecule has 0 bridgehead atoms. The van der Waals surface area contributed by atoms with E-state index in [9.17, 15) is 34.5 Å². The van der Waals surface area contributed by atoms with Crippen LogP contribution in [0.3, 0.4) is 0 Å². The fourth-order valence-electron chi connectivity index (χ4n) is 8.47. The van der Waals surface area contributed by atoms with Gasteiger partial charge in [0.25, 0.3) is 0 Å². The van der Waals surface area contributed by atoms with E-state index >= 15 is 0 Å². The van der Waals surface area contributed by atoms with Crippen LogP contribution in [0.4, 0.5) is 0 Å². The Morgan fingerprint density at radius 3 is 1.76 bits per heavy atom. The minimum atomic E-state index is -0.795. The monoisotopic (exact) mass is 774 g/mol. The Balaban J connectivity index is 1.13. The van der Waals surface area contributed by atoms with Crippen LogP contribution in [0.5, 0.6) is 5.75 Å². The molecule has 3 aliphatic heterocycles. The quantitative estimate of drug-likeness (QED) is 0.0980. The SMILES string of the molecule is O=C(O)[C@@H](Cc1cccc(CN(CCOc2cccc(C[C@H](C(=O)O)[C@H]3CCNC3)c2)C(=O)Cc2csc(C[C@H](C(=O)O)[C@H]3CCNC3)c2)c1)[C@H]1CCNC1. The van der Waals surface area contributed by atoms with E-state index in [4.69, 9.17) is 4.74 Å². The van der Waals surface area contributed by atoms with Crippen molar-refractivity contribution >= 4 is 35.2 Å². The van der Waals surface area contributed by atoms with Gasteiger partial charge in [0.15, 0.2) is 0 Å². The number of carbonyl (C=O) groups is 4. The molecule has 12 nitrogen and oxygen atoms in total. The summed E-state index contributed by atoms with van der Waals surface area (Å²) in [6.45, 7) is 5.38. The Kier molecular flexibility index (Phi) is 14.3. The van der Waals surface area contributed by atoms with Crippen LogP contribution in [-0.4, -0.2) is 96.5 Å². The van der Waals surface area contributed by atoms with Crippen LogP contribution >= 0.6 is 11.3 Å². The fourth-order valence-corrected chi connectivity index (χ4v) is 9.42. The summed E-state index contributed by atoms with van der Waals surface area (Å²) in [6, 6.07) is 17.3. The highest BCUT2D eigenvalue weighted by Gasteiger charge is 2.33. The molecule has 3 saturated heterocycles. The van der Waals surface area contributed by atoms with Crippen LogP contribution in [-0.2, 0) is 51.4 Å². The highest BCUT2D eigenvalue weighted by atomic mass is 32.1. The van der Waals surface area contributed by atoms with Crippen molar-refractivity contribution < 1.29 is 39.2 Å². The van der Waals surface area contributed by atoms with E-state index in [1.54, 1.807) is 4.90 Å². The third kappa shape index (κ3) is 11.4. The van der Waals surface area contributed by atoms with Crippen molar-refractivity contribution in [3.63, 3.8) is 0 Å². The summed E-state index contributed by atoms with van der Waals surface area (Å²) in [5, 5.41) is 41.7. The lowest BCUT2D eigenvalue weighted by molar-refractivity contribution is -0.144. The largest absolute Gasteiger partial charge is 0.492 e. The standard InChI is InChI=1S/C42H54N4O8S/c47-39(20-30-17-35(55-26-30)21-38(42(52)53)33-9-12-45-24-33)46(25-29-5-1-3-27(15-29)18-36(40(48)49)31-7-10-43-22-31)13-14-54-34-6-2-4-28(16-34)19-37(41(50)51)32-8-11-44-23-32/h1-6,15-17,26,31-33,36-38,43-45H,7-14,18-25H2,(H,48,49)(H,50,51)(H,52,53)/t31-,32-,33-,36-,37-,38-/m0/s1. The number of nitrogens with one attached hydrogen (secondary N) is 3. The highest BCUT2D eigenvalue weighted by Crippen LogP contribution is 2.29. The molecule has 0 radical (unpaired) electrons. The van der Waals surface area contributed by atoms with Gasteiger partial charge in [0.05, 0.1) is 30.7 Å². The van der Waals surface area contributed by atoms with Gasteiger partial charge < -0.3 is 40.9 Å². The van der Waals surface area contributed by atoms with Crippen LogP contribution in [0, 0.1) is 35.5 Å². The Morgan fingerprint density at radius 1 is 0.691 bits per heavy atom. The van der Waals surface area contributed by atoms with Crippen molar-refractivity contribution in [2.75, 3.05) is 52.4 Å². The highest BCUT2D eigenvalue weighted by molar-refractivity contribution is 7.10. The first-order chi connectivity index (χ1) is 26.6. The van der Waals surface area contributed by atoms with Crippen LogP contribution < -0.4 is 20.7 Å². The topological polar surface area (TPSA) is 178 Å². The maximum Gasteiger partial charge on any atom is 0.307 e. The van der Waals surface area contributed by atoms with Crippen molar-refractivity contribution in [3.8, 4) is 5.75 Å². The van der Waals surface area contributed by atoms with Crippen LogP contribution in [0.15, 0.2) is 60.0 Å². The van der Waals surface area contributed by atoms with E-state index in [0.29, 0.717) is 51.2 Å². The van der Waals surface area contributed by atoms with Gasteiger partial charge in [0, 0.05) is 11.4 Å². The van der Waals surface area contributed by atoms with Gasteiger partial charge >= 0.3 is 17.9 Å². The lowest BCUT2D eigenvalue weighted by atomic mass is 9.86. The molecule has 3 fully saturated rings. The summed E-state index contributed by atoms with van der Waals surface area (Å²) in [7, 11) is 0. The second-order valence-electron chi connectivity index (χ2n) is 15.4. The molecular weight excluding hydrogens is 721 g/mol. The number of hydrogen-bond donors (Lipinski definition) is 6. The van der Waals surface area contributed by atoms with Gasteiger partial charge in [0.2, 0.25) is 5.91 Å². The van der Waals surface area contributed by atoms with Crippen molar-refractivity contribution in [1.29, 1.82) is 0 Å². The minimum absolute atomic E-state index is 0.0701. The van der Waals surface area contributed by atoms with E-state index in [1.165, 1.54) is 11.3 Å². The second-order valence-corrected chi connectivity index (χ2v) is 16.4. The first-order valence-corrected chi connectivity index (χ1v) is 20.4. The number of thiophene rings is 1. The van der Waals surface area contributed by atoms with Gasteiger partial charge in [-0.3, -0.25) is 19.2 Å². The summed E-state index contributed by atoms with van der Waals surface area (Å²) < 4.78 is 6.18. The zero-order valence-corrected chi connectivity index (χ0v) is 32.1. The predicted octanol–water partition coefficient (Wildman–Crippen LogP) is 3.96. The zero-order chi connectivity index (χ0) is 38.7. The molecule has 1 amide bonds. The number of rotatable bonds is 20. The normalized spacial score (nSPS) is 21.2. The third-order valence-electron chi connectivity index (χ3n) is 11.6. The molecule has 6 rings (SSSR count). The molecule has 3 aromatic rings. The molecule has 1 aromatic heterocycles. The predicted molar refractivity (Wildman–Crippen MR) is 209 cm³/mol. The van der Waals surface area contributed by atoms with E-state index in [-0.39, 0.29) is 43.2 Å². The molecule has 13 heteroatoms. The van der Waals surface area contributed by atoms with Crippen molar-refractivity contribution in [1.82, 2.24) is 20.9 Å². The Morgan fingerprint density at radius 2 is 1.22 bits per heavy atom. The van der Waals surface area contributed by atoms with Gasteiger partial charge in [0.1, 0.15) is 12.4 Å². The molecule has 0 unspecified atom stereocenters. The average Bonchev–Trinajstić information content (AvgIpc) is 4.01. The number of hydrogen-bond acceptors (Lipinski definition) is 9. The second kappa shape index (κ2) is 19.5. The Hall–Kier alpha value is -4.30. The van der Waals surface area contributed by atoms with Crippen LogP contribution in [0.25, 0.3) is 0 Å². The van der Waals surface area contributed by atoms with Crippen molar-refractivity contribution in [2.45, 2.75) is 51.5 Å². The molecular formula is C42H54N4O8S. The smallest absolute Gasteiger partial charge is 0.307 e. The molecule has 6 N–H and O–H groups in total. The lowest BCUT2D eigenvalue weighted by Gasteiger charge is -2.24. The maximum atomic E-state index is 14.0. The van der Waals surface area contributed by atoms with Crippen LogP contribution in [0.1, 0.15) is 46.4 Å². The number of nitrogens with zero attached hydrogens (tertiary/aromatic N) is 1. The number of benzene rings is 2. The Labute approximate surface area is 326 Å². The number of carboxylic acids is 3. The van der Waals surface area contributed by atoms with E-state index < -0.39 is 35.7 Å². The summed E-state index contributed by atoms with van der Waals surface area (Å²) in [5.41, 5.74) is 3.53. The summed E-state index contributed by atoms with van der Waals surface area (Å²) in [5.74, 6) is -3.09. The minimum Gasteiger partial charge on any atom is -0.492 e. The summed E-state index contributed by atoms with van der Waals surface area (Å²) in [4.78, 5) is 53.2. The van der Waals surface area contributed by atoms with Gasteiger partial charge in [-0.15, -0.1) is 11.3 Å². The van der Waals surface area contributed by atoms with Gasteiger partial charge in [-0.1, -0.05) is 36.4 Å². The Bertz CT molecular complexity index is 1760. The first-order valence-electron chi connectivity index (χ1n) is 19.6. The molecule has 3 aliphatic rings. The number of aliphatic carboxylic acids is 3. The van der Waals surface area contributed by atoms with Crippen molar-refractivity contribution in [2.24, 2.45) is 35.5 Å². The van der Waals surface area contributed by atoms with Crippen LogP contribution in [0.2, 0.25) is 0 Å². The molecule has 296 valence electrons. The maximum absolute atomic E-state index is 14.0. The first kappa shape index (κ1) is 40.4. The van der Waals surface area contributed by atoms with E-state index in [0.717, 1.165) is 66.0 Å². The van der Waals surface area contributed by atoms with Gasteiger partial charge in [-0.25, -0.2) is 0 Å². The zero-order valence-electron chi connectivity index (χ0n) is 31.3. The lowest BCUT2D eigenvalue weighted by Crippen LogP contribution is -2.35. The fraction of sp³-hybridized carbons (Fsp3) is 0.524. The van der Waals surface area contributed by atoms with Gasteiger partial charge in [-0.2, -0.15) is 0 Å². The number of amides is 1. The van der Waals surface area contributed by atoms with E-state index in [2.05, 4.69) is 16.0 Å². The molecule has 0 saturated carbocycles. The van der Waals surface area contributed by atoms with E-state index in [1.807, 2.05) is 60.0 Å². The molecule has 0 aliphatic carbocycles. The number of ether oxygens (including phenoxy) is 1. The average molecular weight is 775 g/mol. The summed E-state index contributed by atoms with van der Waals surface area (Å²) >= 11 is 1.49. The molecule has 55 heavy (non-hydrogen) atoms. The third-order valence-corrected chi connectivity index (χ3v) is 12.6. The van der Waals surface area contributed by atoms with Gasteiger partial charge in [-0.05, 0) is 141 Å². The molecule has 6 atom stereocenters. The molecule has 4 heterocycles. The molecule has 2 aromatic carbocycles. The number of carbonyl (C=O) groups excluding carboxylic acids is 1. The number of carboxylic acid groups (broad SMARTS) is 3. The molecule has 0 spiro atoms. The van der Waals surface area contributed by atoms with Crippen molar-refractivity contribution in [3.05, 3.63) is 87.1 Å². The summed E-state index contributed by atoms with van der Waals surface area (Å²) in [6.07, 6.45) is 3.92.